The van der Waals surface area contributed by atoms with Crippen LogP contribution in [0.2, 0.25) is 0 Å². The third-order valence-corrected chi connectivity index (χ3v) is 11.3. The van der Waals surface area contributed by atoms with Gasteiger partial charge in [0.1, 0.15) is 24.2 Å². The van der Waals surface area contributed by atoms with Gasteiger partial charge in [-0.05, 0) is 84.5 Å². The van der Waals surface area contributed by atoms with Crippen LogP contribution in [0, 0.1) is 5.92 Å². The number of aromatic amines is 2. The number of fused-ring (bicyclic) bond motifs is 3. The lowest BCUT2D eigenvalue weighted by atomic mass is 9.97. The second-order valence-corrected chi connectivity index (χ2v) is 14.6. The summed E-state index contributed by atoms with van der Waals surface area (Å²) in [5.41, 5.74) is 5.92. The summed E-state index contributed by atoms with van der Waals surface area (Å²) in [7, 11) is 2.56. The average molecular weight is 745 g/mol. The molecule has 1 aliphatic carbocycles. The van der Waals surface area contributed by atoms with E-state index in [1.807, 2.05) is 11.1 Å². The summed E-state index contributed by atoms with van der Waals surface area (Å²) in [5, 5.41) is 7.29. The second-order valence-electron chi connectivity index (χ2n) is 14.6. The first kappa shape index (κ1) is 35.8. The number of imidazole rings is 2. The summed E-state index contributed by atoms with van der Waals surface area (Å²) < 4.78 is 9.29. The van der Waals surface area contributed by atoms with Gasteiger partial charge in [0.25, 0.3) is 0 Å². The fourth-order valence-electron chi connectivity index (χ4n) is 8.59. The van der Waals surface area contributed by atoms with Crippen molar-refractivity contribution in [2.75, 3.05) is 27.3 Å². The summed E-state index contributed by atoms with van der Waals surface area (Å²) in [4.78, 5) is 69.6. The maximum atomic E-state index is 13.2. The van der Waals surface area contributed by atoms with Crippen molar-refractivity contribution in [2.24, 2.45) is 5.92 Å². The van der Waals surface area contributed by atoms with Gasteiger partial charge in [-0.3, -0.25) is 9.59 Å². The highest BCUT2D eigenvalue weighted by molar-refractivity contribution is 5.91. The highest BCUT2D eigenvalue weighted by Crippen LogP contribution is 2.49. The Kier molecular flexibility index (Phi) is 9.72. The van der Waals surface area contributed by atoms with Crippen molar-refractivity contribution in [2.45, 2.75) is 63.2 Å². The van der Waals surface area contributed by atoms with E-state index in [0.29, 0.717) is 12.5 Å². The quantitative estimate of drug-likeness (QED) is 0.140. The number of ether oxygens (including phenoxy) is 2. The minimum absolute atomic E-state index is 0.105. The van der Waals surface area contributed by atoms with E-state index in [4.69, 9.17) is 4.98 Å². The molecule has 3 aromatic carbocycles. The fourth-order valence-corrected chi connectivity index (χ4v) is 8.59. The molecular weight excluding hydrogens is 701 g/mol. The van der Waals surface area contributed by atoms with Crippen LogP contribution < -0.4 is 10.6 Å². The van der Waals surface area contributed by atoms with E-state index in [9.17, 15) is 19.2 Å². The van der Waals surface area contributed by atoms with Crippen LogP contribution in [-0.4, -0.2) is 93.1 Å². The van der Waals surface area contributed by atoms with Gasteiger partial charge in [-0.2, -0.15) is 0 Å². The smallest absolute Gasteiger partial charge is 0.407 e. The number of rotatable bonds is 9. The molecule has 2 aromatic heterocycles. The number of carbonyl (C=O) groups excluding carboxylic acids is 4. The standard InChI is InChI=1S/C41H44N8O6/c1-23(45-41(53)55-3)39(51)48-16-4-5-34(48)37-42-20-32(46-37)25-8-6-24(7-9-25)26-10-11-28-18-29(13-12-27(28)17-26)33-21-43-38(47-33)36-30-14-15-31(19-30)49(36)35(50)22-44-40(52)54-2/h6-13,17-18,20-21,23,30-31,34,36H,4-5,14-16,19,22H2,1-3H3,(H,42,46)(H,43,47)(H,44,52)(H,45,53)/t23-,30-,31+,34-,36-/m0/s1. The monoisotopic (exact) mass is 744 g/mol. The molecule has 14 nitrogen and oxygen atoms in total. The van der Waals surface area contributed by atoms with Gasteiger partial charge < -0.3 is 39.9 Å². The Morgan fingerprint density at radius 1 is 0.800 bits per heavy atom. The van der Waals surface area contributed by atoms with E-state index in [2.05, 4.69) is 95.7 Å². The number of alkyl carbamates (subject to hydrolysis) is 2. The van der Waals surface area contributed by atoms with E-state index in [0.717, 1.165) is 88.2 Å². The van der Waals surface area contributed by atoms with Gasteiger partial charge in [0.05, 0.1) is 50.1 Å². The zero-order chi connectivity index (χ0) is 38.2. The number of carbonyl (C=O) groups is 4. The lowest BCUT2D eigenvalue weighted by Gasteiger charge is -2.34. The average Bonchev–Trinajstić information content (AvgIpc) is 4.07. The van der Waals surface area contributed by atoms with Gasteiger partial charge in [-0.15, -0.1) is 0 Å². The summed E-state index contributed by atoms with van der Waals surface area (Å²) in [6.07, 6.45) is 6.98. The Morgan fingerprint density at radius 2 is 1.44 bits per heavy atom. The molecule has 2 saturated heterocycles. The first-order valence-electron chi connectivity index (χ1n) is 18.7. The van der Waals surface area contributed by atoms with Crippen molar-refractivity contribution in [3.8, 4) is 33.6 Å². The molecule has 55 heavy (non-hydrogen) atoms. The predicted molar refractivity (Wildman–Crippen MR) is 204 cm³/mol. The molecule has 4 heterocycles. The second kappa shape index (κ2) is 14.9. The molecular formula is C41H44N8O6. The van der Waals surface area contributed by atoms with Crippen LogP contribution in [-0.2, 0) is 19.1 Å². The normalized spacial score (nSPS) is 20.8. The van der Waals surface area contributed by atoms with E-state index in [1.54, 1.807) is 18.0 Å². The molecule has 4 N–H and O–H groups in total. The predicted octanol–water partition coefficient (Wildman–Crippen LogP) is 6.10. The zero-order valence-corrected chi connectivity index (χ0v) is 31.0. The maximum absolute atomic E-state index is 13.2. The number of hydrogen-bond donors (Lipinski definition) is 4. The molecule has 14 heteroatoms. The molecule has 0 unspecified atom stereocenters. The summed E-state index contributed by atoms with van der Waals surface area (Å²) in [5.74, 6) is 1.53. The number of hydrogen-bond acceptors (Lipinski definition) is 8. The van der Waals surface area contributed by atoms with E-state index < -0.39 is 18.2 Å². The van der Waals surface area contributed by atoms with Gasteiger partial charge >= 0.3 is 12.2 Å². The van der Waals surface area contributed by atoms with E-state index >= 15 is 0 Å². The molecule has 1 saturated carbocycles. The molecule has 284 valence electrons. The molecule has 2 aliphatic heterocycles. The van der Waals surface area contributed by atoms with Crippen LogP contribution in [0.15, 0.2) is 73.1 Å². The van der Waals surface area contributed by atoms with Crippen LogP contribution in [0.3, 0.4) is 0 Å². The topological polar surface area (TPSA) is 175 Å². The van der Waals surface area contributed by atoms with Crippen LogP contribution in [0.5, 0.6) is 0 Å². The van der Waals surface area contributed by atoms with Crippen molar-refractivity contribution in [3.05, 3.63) is 84.7 Å². The summed E-state index contributed by atoms with van der Waals surface area (Å²) >= 11 is 0. The van der Waals surface area contributed by atoms with Gasteiger partial charge in [0.15, 0.2) is 0 Å². The Hall–Kier alpha value is -6.18. The van der Waals surface area contributed by atoms with Gasteiger partial charge in [-0.1, -0.05) is 48.5 Å². The maximum Gasteiger partial charge on any atom is 0.407 e. The van der Waals surface area contributed by atoms with Crippen LogP contribution in [0.1, 0.15) is 62.8 Å². The molecule has 8 rings (SSSR count). The Balaban J connectivity index is 0.943. The number of piperidine rings is 1. The minimum Gasteiger partial charge on any atom is -0.453 e. The Morgan fingerprint density at radius 3 is 2.18 bits per heavy atom. The molecule has 3 fully saturated rings. The summed E-state index contributed by atoms with van der Waals surface area (Å²) in [6.45, 7) is 2.15. The fraction of sp³-hybridized carbons (Fsp3) is 0.366. The third kappa shape index (κ3) is 6.99. The molecule has 3 aliphatic rings. The first-order valence-corrected chi connectivity index (χ1v) is 18.7. The van der Waals surface area contributed by atoms with E-state index in [1.165, 1.54) is 14.2 Å². The minimum atomic E-state index is -0.704. The first-order chi connectivity index (χ1) is 26.7. The highest BCUT2D eigenvalue weighted by atomic mass is 16.5. The number of amides is 4. The van der Waals surface area contributed by atoms with Crippen molar-refractivity contribution < 1.29 is 28.7 Å². The van der Waals surface area contributed by atoms with Gasteiger partial charge in [-0.25, -0.2) is 19.6 Å². The lowest BCUT2D eigenvalue weighted by molar-refractivity contribution is -0.135. The number of H-pyrrole nitrogens is 2. The van der Waals surface area contributed by atoms with Gasteiger partial charge in [0.2, 0.25) is 11.8 Å². The molecule has 0 spiro atoms. The van der Waals surface area contributed by atoms with Crippen LogP contribution in [0.4, 0.5) is 9.59 Å². The number of benzene rings is 3. The summed E-state index contributed by atoms with van der Waals surface area (Å²) in [6, 6.07) is 20.2. The number of methoxy groups -OCH3 is 2. The number of likely N-dealkylation sites (tertiary alicyclic amines) is 2. The van der Waals surface area contributed by atoms with Gasteiger partial charge in [0, 0.05) is 18.2 Å². The van der Waals surface area contributed by atoms with Crippen molar-refractivity contribution >= 4 is 34.8 Å². The molecule has 4 amide bonds. The number of nitrogens with one attached hydrogen (secondary N) is 4. The largest absolute Gasteiger partial charge is 0.453 e. The van der Waals surface area contributed by atoms with Crippen molar-refractivity contribution in [1.29, 1.82) is 0 Å². The SMILES string of the molecule is COC(=O)NCC(=O)N1[C@@H]2CC[C@@H](C2)[C@H]1c1ncc(-c2ccc3cc(-c4ccc(-c5cnc([C@@H]6CCCN6C(=O)[C@H](C)NC(=O)OC)[nH]5)cc4)ccc3c2)[nH]1. The lowest BCUT2D eigenvalue weighted by Crippen LogP contribution is -2.46. The number of nitrogens with zero attached hydrogens (tertiary/aromatic N) is 4. The molecule has 5 atom stereocenters. The molecule has 2 bridgehead atoms. The Bertz CT molecular complexity index is 2250. The van der Waals surface area contributed by atoms with Crippen LogP contribution >= 0.6 is 0 Å². The Labute approximate surface area is 318 Å². The third-order valence-electron chi connectivity index (χ3n) is 11.3. The highest BCUT2D eigenvalue weighted by Gasteiger charge is 2.49. The van der Waals surface area contributed by atoms with E-state index in [-0.39, 0.29) is 36.5 Å². The molecule has 5 aromatic rings. The van der Waals surface area contributed by atoms with Crippen LogP contribution in [0.25, 0.3) is 44.4 Å². The van der Waals surface area contributed by atoms with Crippen molar-refractivity contribution in [1.82, 2.24) is 40.4 Å². The van der Waals surface area contributed by atoms with Crippen molar-refractivity contribution in [3.63, 3.8) is 0 Å². The molecule has 0 radical (unpaired) electrons. The number of aromatic nitrogens is 4. The zero-order valence-electron chi connectivity index (χ0n) is 31.0.